The summed E-state index contributed by atoms with van der Waals surface area (Å²) in [4.78, 5) is 13.6. The van der Waals surface area contributed by atoms with Gasteiger partial charge in [0, 0.05) is 12.6 Å². The average Bonchev–Trinajstić information content (AvgIpc) is 3.06. The van der Waals surface area contributed by atoms with Gasteiger partial charge < -0.3 is 11.1 Å². The Morgan fingerprint density at radius 2 is 2.12 bits per heavy atom. The quantitative estimate of drug-likeness (QED) is 0.661. The van der Waals surface area contributed by atoms with Gasteiger partial charge in [-0.3, -0.25) is 9.69 Å². The zero-order chi connectivity index (χ0) is 12.8. The normalized spacial score (nSPS) is 17.5. The molecule has 0 aromatic rings. The van der Waals surface area contributed by atoms with E-state index in [1.54, 1.807) is 0 Å². The number of nitrogens with two attached hydrogens (primary N) is 1. The fourth-order valence-corrected chi connectivity index (χ4v) is 1.66. The number of nitrogens with zero attached hydrogens (tertiary/aromatic N) is 1. The predicted molar refractivity (Wildman–Crippen MR) is 70.7 cm³/mol. The molecule has 1 unspecified atom stereocenters. The van der Waals surface area contributed by atoms with Crippen LogP contribution in [0.5, 0.6) is 0 Å². The third kappa shape index (κ3) is 6.64. The number of carbonyl (C=O) groups excluding carboxylic acids is 1. The highest BCUT2D eigenvalue weighted by molar-refractivity contribution is 5.77. The molecule has 4 heteroatoms. The molecule has 0 aromatic carbocycles. The largest absolute Gasteiger partial charge is 0.355 e. The number of hydrogen-bond acceptors (Lipinski definition) is 3. The van der Waals surface area contributed by atoms with E-state index in [1.165, 1.54) is 12.8 Å². The minimum Gasteiger partial charge on any atom is -0.355 e. The van der Waals surface area contributed by atoms with Gasteiger partial charge in [-0.15, -0.1) is 0 Å². The molecule has 0 spiro atoms. The minimum atomic E-state index is 0.137. The third-order valence-corrected chi connectivity index (χ3v) is 3.40. The predicted octanol–water partition coefficient (Wildman–Crippen LogP) is 0.818. The van der Waals surface area contributed by atoms with Crippen molar-refractivity contribution in [1.82, 2.24) is 10.2 Å². The molecule has 100 valence electrons. The van der Waals surface area contributed by atoms with Crippen molar-refractivity contribution < 1.29 is 4.79 Å². The molecule has 1 atom stereocenters. The van der Waals surface area contributed by atoms with Crippen molar-refractivity contribution in [2.24, 2.45) is 17.6 Å². The van der Waals surface area contributed by atoms with Gasteiger partial charge in [0.15, 0.2) is 0 Å². The minimum absolute atomic E-state index is 0.137. The van der Waals surface area contributed by atoms with Crippen LogP contribution >= 0.6 is 0 Å². The van der Waals surface area contributed by atoms with Crippen LogP contribution in [-0.2, 0) is 4.79 Å². The summed E-state index contributed by atoms with van der Waals surface area (Å²) in [5, 5.41) is 2.97. The lowest BCUT2D eigenvalue weighted by molar-refractivity contribution is -0.122. The van der Waals surface area contributed by atoms with Gasteiger partial charge in [0.1, 0.15) is 0 Å². The van der Waals surface area contributed by atoms with Crippen molar-refractivity contribution in [3.8, 4) is 0 Å². The van der Waals surface area contributed by atoms with Crippen molar-refractivity contribution in [3.63, 3.8) is 0 Å². The molecule has 4 nitrogen and oxygen atoms in total. The zero-order valence-electron chi connectivity index (χ0n) is 11.4. The summed E-state index contributed by atoms with van der Waals surface area (Å²) in [6.45, 7) is 6.49. The Kier molecular flexibility index (Phi) is 5.92. The second-order valence-electron chi connectivity index (χ2n) is 5.68. The van der Waals surface area contributed by atoms with Crippen LogP contribution in [0.25, 0.3) is 0 Å². The van der Waals surface area contributed by atoms with E-state index in [2.05, 4.69) is 19.2 Å². The van der Waals surface area contributed by atoms with Gasteiger partial charge in [0.25, 0.3) is 0 Å². The van der Waals surface area contributed by atoms with Crippen LogP contribution < -0.4 is 11.1 Å². The average molecular weight is 241 g/mol. The summed E-state index contributed by atoms with van der Waals surface area (Å²) in [5.41, 5.74) is 5.98. The number of rotatable bonds is 8. The topological polar surface area (TPSA) is 58.4 Å². The van der Waals surface area contributed by atoms with Gasteiger partial charge in [-0.1, -0.05) is 13.8 Å². The molecule has 0 saturated heterocycles. The van der Waals surface area contributed by atoms with E-state index in [0.717, 1.165) is 25.4 Å². The van der Waals surface area contributed by atoms with Gasteiger partial charge >= 0.3 is 0 Å². The first-order valence-electron chi connectivity index (χ1n) is 6.70. The Morgan fingerprint density at radius 3 is 2.65 bits per heavy atom. The first kappa shape index (κ1) is 14.5. The third-order valence-electron chi connectivity index (χ3n) is 3.40. The lowest BCUT2D eigenvalue weighted by Crippen LogP contribution is -2.38. The van der Waals surface area contributed by atoms with Crippen LogP contribution in [0.4, 0.5) is 0 Å². The maximum absolute atomic E-state index is 11.6. The van der Waals surface area contributed by atoms with E-state index in [0.29, 0.717) is 12.5 Å². The fraction of sp³-hybridized carbons (Fsp3) is 0.923. The molecule has 0 heterocycles. The Labute approximate surface area is 105 Å². The fourth-order valence-electron chi connectivity index (χ4n) is 1.66. The molecule has 1 rings (SSSR count). The SMILES string of the molecule is CC(C)C(N)CCN(C)CC(=O)NCC1CC1. The van der Waals surface area contributed by atoms with Crippen molar-refractivity contribution in [1.29, 1.82) is 0 Å². The molecule has 0 aliphatic heterocycles. The Bertz CT molecular complexity index is 239. The van der Waals surface area contributed by atoms with E-state index in [4.69, 9.17) is 5.73 Å². The molecule has 1 fully saturated rings. The van der Waals surface area contributed by atoms with Gasteiger partial charge in [-0.25, -0.2) is 0 Å². The van der Waals surface area contributed by atoms with Crippen molar-refractivity contribution in [2.45, 2.75) is 39.2 Å². The van der Waals surface area contributed by atoms with Crippen molar-refractivity contribution >= 4 is 5.91 Å². The Balaban J connectivity index is 2.05. The van der Waals surface area contributed by atoms with E-state index >= 15 is 0 Å². The highest BCUT2D eigenvalue weighted by atomic mass is 16.2. The summed E-state index contributed by atoms with van der Waals surface area (Å²) in [6, 6.07) is 0.229. The molecule has 0 bridgehead atoms. The standard InChI is InChI=1S/C13H27N3O/c1-10(2)12(14)6-7-16(3)9-13(17)15-8-11-4-5-11/h10-12H,4-9,14H2,1-3H3,(H,15,17). The molecule has 1 aliphatic rings. The maximum atomic E-state index is 11.6. The summed E-state index contributed by atoms with van der Waals surface area (Å²) in [6.07, 6.45) is 3.50. The van der Waals surface area contributed by atoms with Crippen LogP contribution in [0, 0.1) is 11.8 Å². The molecule has 1 aliphatic carbocycles. The molecule has 3 N–H and O–H groups in total. The smallest absolute Gasteiger partial charge is 0.234 e. The van der Waals surface area contributed by atoms with Crippen LogP contribution in [0.1, 0.15) is 33.1 Å². The Morgan fingerprint density at radius 1 is 1.47 bits per heavy atom. The molecule has 17 heavy (non-hydrogen) atoms. The number of amides is 1. The molecular weight excluding hydrogens is 214 g/mol. The summed E-state index contributed by atoms with van der Waals surface area (Å²) in [5.74, 6) is 1.39. The molecule has 1 amide bonds. The first-order valence-corrected chi connectivity index (χ1v) is 6.70. The van der Waals surface area contributed by atoms with E-state index < -0.39 is 0 Å². The van der Waals surface area contributed by atoms with Gasteiger partial charge in [-0.2, -0.15) is 0 Å². The Hall–Kier alpha value is -0.610. The van der Waals surface area contributed by atoms with E-state index in [1.807, 2.05) is 11.9 Å². The highest BCUT2D eigenvalue weighted by Crippen LogP contribution is 2.27. The molecular formula is C13H27N3O. The van der Waals surface area contributed by atoms with E-state index in [9.17, 15) is 4.79 Å². The van der Waals surface area contributed by atoms with Crippen LogP contribution in [0.15, 0.2) is 0 Å². The van der Waals surface area contributed by atoms with Gasteiger partial charge in [0.2, 0.25) is 5.91 Å². The maximum Gasteiger partial charge on any atom is 0.234 e. The highest BCUT2D eigenvalue weighted by Gasteiger charge is 2.21. The second-order valence-corrected chi connectivity index (χ2v) is 5.68. The van der Waals surface area contributed by atoms with Gasteiger partial charge in [-0.05, 0) is 44.7 Å². The number of hydrogen-bond donors (Lipinski definition) is 2. The van der Waals surface area contributed by atoms with Crippen LogP contribution in [0.3, 0.4) is 0 Å². The number of carbonyl (C=O) groups is 1. The molecule has 1 saturated carbocycles. The first-order chi connectivity index (χ1) is 7.99. The lowest BCUT2D eigenvalue weighted by Gasteiger charge is -2.20. The van der Waals surface area contributed by atoms with E-state index in [-0.39, 0.29) is 11.9 Å². The summed E-state index contributed by atoms with van der Waals surface area (Å²) < 4.78 is 0. The summed E-state index contributed by atoms with van der Waals surface area (Å²) >= 11 is 0. The second kappa shape index (κ2) is 6.97. The van der Waals surface area contributed by atoms with Crippen LogP contribution in [-0.4, -0.2) is 43.5 Å². The van der Waals surface area contributed by atoms with Crippen molar-refractivity contribution in [2.75, 3.05) is 26.7 Å². The molecule has 0 aromatic heterocycles. The van der Waals surface area contributed by atoms with Crippen LogP contribution in [0.2, 0.25) is 0 Å². The zero-order valence-corrected chi connectivity index (χ0v) is 11.4. The number of likely N-dealkylation sites (N-methyl/N-ethyl adjacent to an activating group) is 1. The molecule has 0 radical (unpaired) electrons. The van der Waals surface area contributed by atoms with Crippen molar-refractivity contribution in [3.05, 3.63) is 0 Å². The lowest BCUT2D eigenvalue weighted by atomic mass is 10.0. The number of nitrogens with one attached hydrogen (secondary N) is 1. The summed E-state index contributed by atoms with van der Waals surface area (Å²) in [7, 11) is 1.98. The monoisotopic (exact) mass is 241 g/mol. The van der Waals surface area contributed by atoms with Gasteiger partial charge in [0.05, 0.1) is 6.54 Å².